The minimum absolute atomic E-state index is 0.234. The Bertz CT molecular complexity index is 209. The Hall–Kier alpha value is -1.09. The number of carbonyl (C=O) groups is 1. The van der Waals surface area contributed by atoms with Gasteiger partial charge in [0.15, 0.2) is 0 Å². The summed E-state index contributed by atoms with van der Waals surface area (Å²) < 4.78 is 4.87. The second-order valence-corrected chi connectivity index (χ2v) is 2.58. The molecule has 12 heavy (non-hydrogen) atoms. The molecule has 0 aromatic heterocycles. The summed E-state index contributed by atoms with van der Waals surface area (Å²) in [6, 6.07) is 0. The molecule has 1 N–H and O–H groups in total. The number of carbonyl (C=O) groups excluding carboxylic acids is 1. The van der Waals surface area contributed by atoms with Crippen molar-refractivity contribution in [3.05, 3.63) is 24.3 Å². The van der Waals surface area contributed by atoms with Crippen LogP contribution in [0.1, 0.15) is 6.42 Å². The molecule has 0 spiro atoms. The molecule has 1 rings (SSSR count). The van der Waals surface area contributed by atoms with E-state index >= 15 is 0 Å². The SMILES string of the molecule is C=CCOC(=O)C1=CCCNC1. The molecule has 3 heteroatoms. The molecule has 1 aliphatic rings. The van der Waals surface area contributed by atoms with E-state index in [0.29, 0.717) is 6.54 Å². The molecule has 0 unspecified atom stereocenters. The van der Waals surface area contributed by atoms with Gasteiger partial charge in [0.25, 0.3) is 0 Å². The molecule has 0 saturated carbocycles. The Labute approximate surface area is 72.1 Å². The van der Waals surface area contributed by atoms with E-state index in [9.17, 15) is 4.79 Å². The summed E-state index contributed by atoms with van der Waals surface area (Å²) in [4.78, 5) is 11.2. The van der Waals surface area contributed by atoms with Gasteiger partial charge in [0.05, 0.1) is 0 Å². The van der Waals surface area contributed by atoms with Crippen molar-refractivity contribution in [2.45, 2.75) is 6.42 Å². The average Bonchev–Trinajstić information content (AvgIpc) is 2.15. The highest BCUT2D eigenvalue weighted by Crippen LogP contribution is 2.02. The molecule has 0 fully saturated rings. The van der Waals surface area contributed by atoms with E-state index in [2.05, 4.69) is 11.9 Å². The summed E-state index contributed by atoms with van der Waals surface area (Å²) in [6.07, 6.45) is 4.38. The molecule has 0 radical (unpaired) electrons. The van der Waals surface area contributed by atoms with Gasteiger partial charge in [-0.15, -0.1) is 0 Å². The van der Waals surface area contributed by atoms with Crippen LogP contribution in [-0.4, -0.2) is 25.7 Å². The topological polar surface area (TPSA) is 38.3 Å². The third kappa shape index (κ3) is 2.51. The van der Waals surface area contributed by atoms with Crippen LogP contribution in [0.4, 0.5) is 0 Å². The molecule has 0 amide bonds. The molecule has 0 atom stereocenters. The minimum Gasteiger partial charge on any atom is -0.458 e. The first-order valence-corrected chi connectivity index (χ1v) is 4.02. The molecular weight excluding hydrogens is 154 g/mol. The summed E-state index contributed by atoms with van der Waals surface area (Å²) in [5, 5.41) is 3.10. The zero-order valence-electron chi connectivity index (χ0n) is 7.01. The highest BCUT2D eigenvalue weighted by molar-refractivity contribution is 5.89. The van der Waals surface area contributed by atoms with Crippen LogP contribution in [0.25, 0.3) is 0 Å². The van der Waals surface area contributed by atoms with E-state index in [4.69, 9.17) is 4.74 Å². The lowest BCUT2D eigenvalue weighted by Gasteiger charge is -2.12. The van der Waals surface area contributed by atoms with Gasteiger partial charge in [0, 0.05) is 12.1 Å². The van der Waals surface area contributed by atoms with Crippen molar-refractivity contribution in [3.63, 3.8) is 0 Å². The van der Waals surface area contributed by atoms with Crippen LogP contribution in [0.2, 0.25) is 0 Å². The van der Waals surface area contributed by atoms with Crippen molar-refractivity contribution in [1.29, 1.82) is 0 Å². The van der Waals surface area contributed by atoms with Crippen LogP contribution >= 0.6 is 0 Å². The normalized spacial score (nSPS) is 16.5. The van der Waals surface area contributed by atoms with Crippen molar-refractivity contribution in [2.75, 3.05) is 19.7 Å². The van der Waals surface area contributed by atoms with Crippen molar-refractivity contribution in [2.24, 2.45) is 0 Å². The second kappa shape index (κ2) is 4.72. The van der Waals surface area contributed by atoms with Crippen LogP contribution < -0.4 is 5.32 Å². The van der Waals surface area contributed by atoms with Crippen molar-refractivity contribution >= 4 is 5.97 Å². The van der Waals surface area contributed by atoms with Gasteiger partial charge in [-0.05, 0) is 13.0 Å². The van der Waals surface area contributed by atoms with Crippen molar-refractivity contribution in [1.82, 2.24) is 5.32 Å². The van der Waals surface area contributed by atoms with Gasteiger partial charge in [-0.2, -0.15) is 0 Å². The van der Waals surface area contributed by atoms with Crippen LogP contribution in [0.5, 0.6) is 0 Å². The first-order valence-electron chi connectivity index (χ1n) is 4.02. The third-order valence-corrected chi connectivity index (χ3v) is 1.62. The first-order chi connectivity index (χ1) is 5.84. The maximum atomic E-state index is 11.2. The molecular formula is C9H13NO2. The summed E-state index contributed by atoms with van der Waals surface area (Å²) in [5.41, 5.74) is 0.725. The molecule has 1 aliphatic heterocycles. The Kier molecular flexibility index (Phi) is 3.54. The number of hydrogen-bond acceptors (Lipinski definition) is 3. The highest BCUT2D eigenvalue weighted by atomic mass is 16.5. The van der Waals surface area contributed by atoms with Crippen molar-refractivity contribution < 1.29 is 9.53 Å². The fraction of sp³-hybridized carbons (Fsp3) is 0.444. The Morgan fingerprint density at radius 1 is 1.83 bits per heavy atom. The quantitative estimate of drug-likeness (QED) is 0.495. The zero-order chi connectivity index (χ0) is 8.81. The van der Waals surface area contributed by atoms with Crippen LogP contribution in [0.15, 0.2) is 24.3 Å². The molecule has 3 nitrogen and oxygen atoms in total. The lowest BCUT2D eigenvalue weighted by Crippen LogP contribution is -2.26. The zero-order valence-corrected chi connectivity index (χ0v) is 7.01. The summed E-state index contributed by atoms with van der Waals surface area (Å²) >= 11 is 0. The van der Waals surface area contributed by atoms with Crippen LogP contribution in [-0.2, 0) is 9.53 Å². The van der Waals surface area contributed by atoms with E-state index in [0.717, 1.165) is 18.5 Å². The van der Waals surface area contributed by atoms with E-state index in [1.54, 1.807) is 6.08 Å². The van der Waals surface area contributed by atoms with E-state index in [-0.39, 0.29) is 12.6 Å². The molecule has 0 aliphatic carbocycles. The molecule has 0 aromatic carbocycles. The molecule has 66 valence electrons. The van der Waals surface area contributed by atoms with E-state index in [1.807, 2.05) is 6.08 Å². The fourth-order valence-corrected chi connectivity index (χ4v) is 1.03. The smallest absolute Gasteiger partial charge is 0.335 e. The Balaban J connectivity index is 2.39. The minimum atomic E-state index is -0.234. The summed E-state index contributed by atoms with van der Waals surface area (Å²) in [5.74, 6) is -0.234. The average molecular weight is 167 g/mol. The summed E-state index contributed by atoms with van der Waals surface area (Å²) in [6.45, 7) is 5.32. The van der Waals surface area contributed by atoms with Gasteiger partial charge in [-0.25, -0.2) is 4.79 Å². The first kappa shape index (κ1) is 9.00. The van der Waals surface area contributed by atoms with Crippen LogP contribution in [0, 0.1) is 0 Å². The molecule has 0 saturated heterocycles. The van der Waals surface area contributed by atoms with Gasteiger partial charge in [0.1, 0.15) is 6.61 Å². The van der Waals surface area contributed by atoms with Gasteiger partial charge >= 0.3 is 5.97 Å². The Morgan fingerprint density at radius 2 is 2.67 bits per heavy atom. The number of rotatable bonds is 3. The lowest BCUT2D eigenvalue weighted by molar-refractivity contribution is -0.137. The standard InChI is InChI=1S/C9H13NO2/c1-2-6-12-9(11)8-4-3-5-10-7-8/h2,4,10H,1,3,5-7H2. The van der Waals surface area contributed by atoms with Gasteiger partial charge < -0.3 is 10.1 Å². The summed E-state index contributed by atoms with van der Waals surface area (Å²) in [7, 11) is 0. The Morgan fingerprint density at radius 3 is 3.25 bits per heavy atom. The highest BCUT2D eigenvalue weighted by Gasteiger charge is 2.11. The molecule has 1 heterocycles. The third-order valence-electron chi connectivity index (χ3n) is 1.62. The number of ether oxygens (including phenoxy) is 1. The maximum absolute atomic E-state index is 11.2. The monoisotopic (exact) mass is 167 g/mol. The van der Waals surface area contributed by atoms with Crippen molar-refractivity contribution in [3.8, 4) is 0 Å². The van der Waals surface area contributed by atoms with Gasteiger partial charge in [-0.3, -0.25) is 0 Å². The predicted octanol–water partition coefficient (Wildman–Crippen LogP) is 0.635. The van der Waals surface area contributed by atoms with E-state index in [1.165, 1.54) is 0 Å². The number of hydrogen-bond donors (Lipinski definition) is 1. The second-order valence-electron chi connectivity index (χ2n) is 2.58. The lowest BCUT2D eigenvalue weighted by atomic mass is 10.1. The fourth-order valence-electron chi connectivity index (χ4n) is 1.03. The van der Waals surface area contributed by atoms with Crippen LogP contribution in [0.3, 0.4) is 0 Å². The predicted molar refractivity (Wildman–Crippen MR) is 46.7 cm³/mol. The molecule has 0 aromatic rings. The molecule has 0 bridgehead atoms. The number of nitrogens with one attached hydrogen (secondary N) is 1. The van der Waals surface area contributed by atoms with Gasteiger partial charge in [0.2, 0.25) is 0 Å². The van der Waals surface area contributed by atoms with E-state index < -0.39 is 0 Å². The largest absolute Gasteiger partial charge is 0.458 e. The number of esters is 1. The van der Waals surface area contributed by atoms with Gasteiger partial charge in [-0.1, -0.05) is 18.7 Å². The maximum Gasteiger partial charge on any atom is 0.335 e.